The number of alkyl halides is 2. The van der Waals surface area contributed by atoms with E-state index in [0.29, 0.717) is 16.9 Å². The summed E-state index contributed by atoms with van der Waals surface area (Å²) < 4.78 is 31.4. The van der Waals surface area contributed by atoms with Gasteiger partial charge in [0.1, 0.15) is 17.5 Å². The number of pyridine rings is 2. The lowest BCUT2D eigenvalue weighted by Crippen LogP contribution is -2.21. The summed E-state index contributed by atoms with van der Waals surface area (Å²) in [6.45, 7) is 6.05. The summed E-state index contributed by atoms with van der Waals surface area (Å²) >= 11 is 0. The Bertz CT molecular complexity index is 1530. The minimum absolute atomic E-state index is 0.0443. The molecule has 0 radical (unpaired) electrons. The summed E-state index contributed by atoms with van der Waals surface area (Å²) in [6.07, 6.45) is 1.80. The molecule has 5 rings (SSSR count). The van der Waals surface area contributed by atoms with Crippen molar-refractivity contribution in [2.24, 2.45) is 12.0 Å². The van der Waals surface area contributed by atoms with Gasteiger partial charge in [0.2, 0.25) is 5.56 Å². The molecule has 0 spiro atoms. The smallest absolute Gasteiger partial charge is 0.270 e. The van der Waals surface area contributed by atoms with E-state index in [-0.39, 0.29) is 11.1 Å². The summed E-state index contributed by atoms with van der Waals surface area (Å²) in [6, 6.07) is 11.3. The molecule has 1 aromatic heterocycles. The number of anilines is 1. The molecule has 3 aliphatic heterocycles. The molecule has 3 aliphatic rings. The number of hydrogen-bond acceptors (Lipinski definition) is 5. The number of halogens is 2. The Labute approximate surface area is 201 Å². The Morgan fingerprint density at radius 1 is 1.14 bits per heavy atom. The van der Waals surface area contributed by atoms with E-state index in [9.17, 15) is 13.6 Å². The van der Waals surface area contributed by atoms with Crippen LogP contribution < -0.4 is 16.4 Å². The maximum Gasteiger partial charge on any atom is 0.270 e. The van der Waals surface area contributed by atoms with Crippen LogP contribution in [0.4, 0.5) is 14.6 Å². The molecule has 7 nitrogen and oxygen atoms in total. The second kappa shape index (κ2) is 8.41. The molecule has 1 N–H and O–H groups in total. The average molecular weight is 477 g/mol. The lowest BCUT2D eigenvalue weighted by Gasteiger charge is -2.19. The van der Waals surface area contributed by atoms with Crippen molar-refractivity contribution in [1.82, 2.24) is 19.1 Å². The zero-order chi connectivity index (χ0) is 24.9. The Kier molecular flexibility index (Phi) is 5.50. The van der Waals surface area contributed by atoms with E-state index in [2.05, 4.69) is 14.9 Å². The van der Waals surface area contributed by atoms with Crippen molar-refractivity contribution in [3.8, 4) is 22.5 Å². The van der Waals surface area contributed by atoms with Gasteiger partial charge >= 0.3 is 0 Å². The Hall–Kier alpha value is -3.88. The zero-order valence-corrected chi connectivity index (χ0v) is 20.0. The van der Waals surface area contributed by atoms with Crippen molar-refractivity contribution in [3.63, 3.8) is 0 Å². The minimum atomic E-state index is -2.93. The SMILES string of the molecule is Cc1nc2n3c(c(-c4ccc(=O)n(C)c4)cc-2c(=NC(C)c2cccc(C(C)(F)F)c2)n1)NCC3. The molecule has 1 aromatic carbocycles. The van der Waals surface area contributed by atoms with Crippen LogP contribution in [-0.4, -0.2) is 25.6 Å². The van der Waals surface area contributed by atoms with Crippen LogP contribution in [0.15, 0.2) is 58.4 Å². The van der Waals surface area contributed by atoms with Crippen LogP contribution >= 0.6 is 0 Å². The summed E-state index contributed by atoms with van der Waals surface area (Å²) in [5.41, 5.74) is 3.60. The van der Waals surface area contributed by atoms with E-state index in [1.165, 1.54) is 12.1 Å². The Balaban J connectivity index is 1.71. The highest BCUT2D eigenvalue weighted by atomic mass is 19.3. The lowest BCUT2D eigenvalue weighted by atomic mass is 10.0. The molecule has 0 amide bonds. The van der Waals surface area contributed by atoms with Crippen molar-refractivity contribution in [2.75, 3.05) is 11.9 Å². The Morgan fingerprint density at radius 2 is 1.94 bits per heavy atom. The lowest BCUT2D eigenvalue weighted by molar-refractivity contribution is 0.0174. The highest BCUT2D eigenvalue weighted by Gasteiger charge is 2.26. The topological polar surface area (TPSA) is 77.1 Å². The molecular formula is C26H26F2N6O. The van der Waals surface area contributed by atoms with E-state index in [1.807, 2.05) is 19.9 Å². The number of nitrogens with zero attached hydrogens (tertiary/aromatic N) is 5. The van der Waals surface area contributed by atoms with Crippen LogP contribution in [0.3, 0.4) is 0 Å². The molecule has 180 valence electrons. The molecule has 35 heavy (non-hydrogen) atoms. The fraction of sp³-hybridized carbons (Fsp3) is 0.308. The quantitative estimate of drug-likeness (QED) is 0.478. The monoisotopic (exact) mass is 476 g/mol. The largest absolute Gasteiger partial charge is 0.369 e. The molecule has 4 heterocycles. The molecule has 0 saturated heterocycles. The molecule has 1 atom stereocenters. The molecule has 0 aliphatic carbocycles. The zero-order valence-electron chi connectivity index (χ0n) is 20.0. The summed E-state index contributed by atoms with van der Waals surface area (Å²) in [5.74, 6) is -0.672. The second-order valence-corrected chi connectivity index (χ2v) is 9.00. The van der Waals surface area contributed by atoms with Crippen LogP contribution in [-0.2, 0) is 19.5 Å². The van der Waals surface area contributed by atoms with E-state index in [4.69, 9.17) is 9.98 Å². The summed E-state index contributed by atoms with van der Waals surface area (Å²) in [5, 5.41) is 3.43. The van der Waals surface area contributed by atoms with Gasteiger partial charge < -0.3 is 14.5 Å². The maximum atomic E-state index is 13.9. The highest BCUT2D eigenvalue weighted by Crippen LogP contribution is 2.36. The minimum Gasteiger partial charge on any atom is -0.369 e. The van der Waals surface area contributed by atoms with Gasteiger partial charge in [-0.3, -0.25) is 9.79 Å². The molecule has 0 fully saturated rings. The Morgan fingerprint density at radius 3 is 2.69 bits per heavy atom. The van der Waals surface area contributed by atoms with Gasteiger partial charge in [-0.25, -0.2) is 18.7 Å². The number of fused-ring (bicyclic) bond motifs is 3. The van der Waals surface area contributed by atoms with Gasteiger partial charge in [-0.2, -0.15) is 0 Å². The van der Waals surface area contributed by atoms with Gasteiger partial charge in [0, 0.05) is 56.0 Å². The average Bonchev–Trinajstić information content (AvgIpc) is 3.30. The predicted molar refractivity (Wildman–Crippen MR) is 131 cm³/mol. The van der Waals surface area contributed by atoms with Crippen molar-refractivity contribution < 1.29 is 8.78 Å². The van der Waals surface area contributed by atoms with Crippen LogP contribution in [0, 0.1) is 6.92 Å². The number of benzene rings is 1. The number of aromatic nitrogens is 4. The second-order valence-electron chi connectivity index (χ2n) is 9.00. The van der Waals surface area contributed by atoms with Crippen LogP contribution in [0.2, 0.25) is 0 Å². The number of hydrogen-bond donors (Lipinski definition) is 1. The van der Waals surface area contributed by atoms with Crippen LogP contribution in [0.1, 0.15) is 36.8 Å². The molecule has 9 heteroatoms. The summed E-state index contributed by atoms with van der Waals surface area (Å²) in [4.78, 5) is 26.1. The first-order chi connectivity index (χ1) is 16.6. The first-order valence-corrected chi connectivity index (χ1v) is 11.5. The molecule has 2 aromatic rings. The fourth-order valence-corrected chi connectivity index (χ4v) is 4.45. The third-order valence-electron chi connectivity index (χ3n) is 6.30. The molecule has 0 bridgehead atoms. The highest BCUT2D eigenvalue weighted by molar-refractivity contribution is 5.81. The van der Waals surface area contributed by atoms with Crippen molar-refractivity contribution >= 4 is 5.82 Å². The first kappa shape index (κ1) is 22.9. The standard InChI is InChI=1S/C26H26F2N6O/c1-15(17-6-5-7-19(12-17)26(3,27)28)30-23-21-13-20(18-8-9-22(35)33(4)14-18)24-29-10-11-34(24)25(21)32-16(2)31-23/h5-9,12-15,29H,10-11H2,1-4H3. The third-order valence-corrected chi connectivity index (χ3v) is 6.30. The van der Waals surface area contributed by atoms with Gasteiger partial charge in [-0.15, -0.1) is 0 Å². The predicted octanol–water partition coefficient (Wildman–Crippen LogP) is 4.26. The summed E-state index contributed by atoms with van der Waals surface area (Å²) in [7, 11) is 1.72. The fourth-order valence-electron chi connectivity index (χ4n) is 4.45. The first-order valence-electron chi connectivity index (χ1n) is 11.5. The van der Waals surface area contributed by atoms with Crippen molar-refractivity contribution in [3.05, 3.63) is 81.5 Å². The molecule has 1 unspecified atom stereocenters. The van der Waals surface area contributed by atoms with Crippen LogP contribution in [0.25, 0.3) is 22.5 Å². The van der Waals surface area contributed by atoms with E-state index in [0.717, 1.165) is 48.3 Å². The van der Waals surface area contributed by atoms with E-state index < -0.39 is 12.0 Å². The molecular weight excluding hydrogens is 450 g/mol. The van der Waals surface area contributed by atoms with E-state index in [1.54, 1.807) is 42.1 Å². The third kappa shape index (κ3) is 4.22. The van der Waals surface area contributed by atoms with Gasteiger partial charge in [0.15, 0.2) is 5.49 Å². The van der Waals surface area contributed by atoms with Crippen molar-refractivity contribution in [2.45, 2.75) is 39.3 Å². The van der Waals surface area contributed by atoms with Crippen molar-refractivity contribution in [1.29, 1.82) is 0 Å². The normalized spacial score (nSPS) is 14.7. The number of rotatable bonds is 4. The van der Waals surface area contributed by atoms with Crippen LogP contribution in [0.5, 0.6) is 0 Å². The molecule has 0 saturated carbocycles. The van der Waals surface area contributed by atoms with Gasteiger partial charge in [-0.1, -0.05) is 18.2 Å². The van der Waals surface area contributed by atoms with Gasteiger partial charge in [0.05, 0.1) is 11.6 Å². The number of nitrogens with one attached hydrogen (secondary N) is 1. The van der Waals surface area contributed by atoms with Gasteiger partial charge in [0.25, 0.3) is 5.92 Å². The van der Waals surface area contributed by atoms with Gasteiger partial charge in [-0.05, 0) is 37.6 Å². The number of aryl methyl sites for hydroxylation is 2. The maximum absolute atomic E-state index is 13.9. The van der Waals surface area contributed by atoms with E-state index >= 15 is 0 Å².